The number of anilines is 1. The second-order valence-corrected chi connectivity index (χ2v) is 7.76. The number of hydrogen-bond donors (Lipinski definition) is 2. The van der Waals surface area contributed by atoms with Crippen molar-refractivity contribution in [2.75, 3.05) is 5.32 Å². The molecule has 1 aromatic heterocycles. The zero-order valence-electron chi connectivity index (χ0n) is 15.1. The van der Waals surface area contributed by atoms with Crippen LogP contribution in [0.15, 0.2) is 24.3 Å². The number of carbonyl (C=O) groups excluding carboxylic acids is 1. The fraction of sp³-hybridized carbons (Fsp3) is 0.500. The summed E-state index contributed by atoms with van der Waals surface area (Å²) in [4.78, 5) is 17.8. The Labute approximate surface area is 154 Å². The molecule has 0 spiro atoms. The van der Waals surface area contributed by atoms with Gasteiger partial charge in [0, 0.05) is 12.6 Å². The van der Waals surface area contributed by atoms with E-state index in [1.54, 1.807) is 0 Å². The Morgan fingerprint density at radius 1 is 1.16 bits per heavy atom. The highest BCUT2D eigenvalue weighted by Crippen LogP contribution is 2.27. The van der Waals surface area contributed by atoms with E-state index in [2.05, 4.69) is 46.8 Å². The second-order valence-electron chi connectivity index (χ2n) is 6.77. The molecule has 5 heteroatoms. The van der Waals surface area contributed by atoms with Crippen molar-refractivity contribution < 1.29 is 4.79 Å². The predicted octanol–water partition coefficient (Wildman–Crippen LogP) is 4.69. The smallest absolute Gasteiger partial charge is 0.263 e. The van der Waals surface area contributed by atoms with E-state index in [4.69, 9.17) is 0 Å². The second kappa shape index (κ2) is 8.48. The van der Waals surface area contributed by atoms with Crippen LogP contribution in [0.3, 0.4) is 0 Å². The molecule has 25 heavy (non-hydrogen) atoms. The summed E-state index contributed by atoms with van der Waals surface area (Å²) in [7, 11) is 0. The molecule has 1 saturated carbocycles. The number of nitrogens with zero attached hydrogens (tertiary/aromatic N) is 1. The summed E-state index contributed by atoms with van der Waals surface area (Å²) in [5.41, 5.74) is 3.24. The summed E-state index contributed by atoms with van der Waals surface area (Å²) in [5.74, 6) is -0.0359. The summed E-state index contributed by atoms with van der Waals surface area (Å²) in [6.07, 6.45) is 7.34. The van der Waals surface area contributed by atoms with E-state index >= 15 is 0 Å². The van der Waals surface area contributed by atoms with Crippen molar-refractivity contribution >= 4 is 22.4 Å². The number of aryl methyl sites for hydroxylation is 2. The van der Waals surface area contributed by atoms with E-state index in [1.807, 2.05) is 6.92 Å². The Bertz CT molecular complexity index is 702. The van der Waals surface area contributed by atoms with Gasteiger partial charge in [0.25, 0.3) is 5.91 Å². The number of aromatic nitrogens is 1. The summed E-state index contributed by atoms with van der Waals surface area (Å²) in [5, 5.41) is 7.40. The summed E-state index contributed by atoms with van der Waals surface area (Å²) in [6.45, 7) is 4.60. The van der Waals surface area contributed by atoms with E-state index in [0.717, 1.165) is 22.8 Å². The topological polar surface area (TPSA) is 54.0 Å². The summed E-state index contributed by atoms with van der Waals surface area (Å²) < 4.78 is 0. The molecule has 134 valence electrons. The molecule has 3 rings (SSSR count). The third-order valence-corrected chi connectivity index (χ3v) is 5.91. The van der Waals surface area contributed by atoms with Gasteiger partial charge in [0.05, 0.1) is 5.69 Å². The van der Waals surface area contributed by atoms with E-state index < -0.39 is 0 Å². The van der Waals surface area contributed by atoms with Crippen molar-refractivity contribution in [3.8, 4) is 0 Å². The Morgan fingerprint density at radius 3 is 2.52 bits per heavy atom. The van der Waals surface area contributed by atoms with Gasteiger partial charge in [-0.3, -0.25) is 4.79 Å². The van der Waals surface area contributed by atoms with Gasteiger partial charge in [0.15, 0.2) is 5.13 Å². The van der Waals surface area contributed by atoms with Gasteiger partial charge in [-0.15, -0.1) is 0 Å². The van der Waals surface area contributed by atoms with Gasteiger partial charge in [-0.2, -0.15) is 0 Å². The predicted molar refractivity (Wildman–Crippen MR) is 104 cm³/mol. The average molecular weight is 358 g/mol. The van der Waals surface area contributed by atoms with Crippen LogP contribution in [0, 0.1) is 6.92 Å². The first-order valence-corrected chi connectivity index (χ1v) is 10.1. The van der Waals surface area contributed by atoms with Crippen molar-refractivity contribution in [1.29, 1.82) is 0 Å². The molecular formula is C20H27N3OS. The molecule has 0 unspecified atom stereocenters. The number of thiazole rings is 1. The molecule has 2 N–H and O–H groups in total. The lowest BCUT2D eigenvalue weighted by molar-refractivity contribution is 0.0954. The zero-order chi connectivity index (χ0) is 17.6. The molecule has 1 amide bonds. The molecule has 4 nitrogen and oxygen atoms in total. The number of amides is 1. The number of hydrogen-bond acceptors (Lipinski definition) is 4. The highest BCUT2D eigenvalue weighted by Gasteiger charge is 2.18. The van der Waals surface area contributed by atoms with E-state index in [-0.39, 0.29) is 5.91 Å². The molecule has 1 heterocycles. The van der Waals surface area contributed by atoms with Gasteiger partial charge in [-0.25, -0.2) is 4.98 Å². The fourth-order valence-electron chi connectivity index (χ4n) is 3.25. The van der Waals surface area contributed by atoms with Crippen LogP contribution in [0.4, 0.5) is 5.13 Å². The lowest BCUT2D eigenvalue weighted by Crippen LogP contribution is -2.22. The fourth-order valence-corrected chi connectivity index (χ4v) is 4.21. The van der Waals surface area contributed by atoms with E-state index in [0.29, 0.717) is 17.5 Å². The minimum atomic E-state index is -0.0359. The SMILES string of the molecule is CCc1ccc(CNC(=O)c2sc(NC3CCCCC3)nc2C)cc1. The van der Waals surface area contributed by atoms with Gasteiger partial charge < -0.3 is 10.6 Å². The molecule has 0 aliphatic heterocycles. The molecule has 0 radical (unpaired) electrons. The third-order valence-electron chi connectivity index (χ3n) is 4.82. The Kier molecular flexibility index (Phi) is 6.08. The van der Waals surface area contributed by atoms with Crippen LogP contribution in [0.25, 0.3) is 0 Å². The van der Waals surface area contributed by atoms with Crippen molar-refractivity contribution in [3.05, 3.63) is 46.0 Å². The van der Waals surface area contributed by atoms with Crippen molar-refractivity contribution in [3.63, 3.8) is 0 Å². The first-order valence-electron chi connectivity index (χ1n) is 9.25. The summed E-state index contributed by atoms with van der Waals surface area (Å²) >= 11 is 1.47. The van der Waals surface area contributed by atoms with Gasteiger partial charge in [0.1, 0.15) is 4.88 Å². The van der Waals surface area contributed by atoms with Crippen LogP contribution in [0.1, 0.15) is 65.5 Å². The van der Waals surface area contributed by atoms with Crippen molar-refractivity contribution in [1.82, 2.24) is 10.3 Å². The number of nitrogens with one attached hydrogen (secondary N) is 2. The summed E-state index contributed by atoms with van der Waals surface area (Å²) in [6, 6.07) is 8.90. The molecule has 0 saturated heterocycles. The highest BCUT2D eigenvalue weighted by molar-refractivity contribution is 7.17. The lowest BCUT2D eigenvalue weighted by atomic mass is 9.96. The quantitative estimate of drug-likeness (QED) is 0.788. The maximum atomic E-state index is 12.5. The van der Waals surface area contributed by atoms with Gasteiger partial charge in [0.2, 0.25) is 0 Å². The van der Waals surface area contributed by atoms with Crippen molar-refractivity contribution in [2.45, 2.75) is 65.0 Å². The molecule has 2 aromatic rings. The van der Waals surface area contributed by atoms with Crippen LogP contribution in [0.2, 0.25) is 0 Å². The van der Waals surface area contributed by atoms with Crippen LogP contribution < -0.4 is 10.6 Å². The first kappa shape index (κ1) is 17.9. The maximum absolute atomic E-state index is 12.5. The van der Waals surface area contributed by atoms with Crippen molar-refractivity contribution in [2.24, 2.45) is 0 Å². The molecule has 1 aromatic carbocycles. The van der Waals surface area contributed by atoms with Crippen LogP contribution in [0.5, 0.6) is 0 Å². The molecule has 0 bridgehead atoms. The molecule has 1 aliphatic rings. The zero-order valence-corrected chi connectivity index (χ0v) is 15.9. The minimum absolute atomic E-state index is 0.0359. The average Bonchev–Trinajstić information content (AvgIpc) is 3.01. The van der Waals surface area contributed by atoms with Gasteiger partial charge in [-0.05, 0) is 37.3 Å². The lowest BCUT2D eigenvalue weighted by Gasteiger charge is -2.22. The molecular weight excluding hydrogens is 330 g/mol. The van der Waals surface area contributed by atoms with Crippen LogP contribution >= 0.6 is 11.3 Å². The Hall–Kier alpha value is -1.88. The number of benzene rings is 1. The molecule has 1 aliphatic carbocycles. The maximum Gasteiger partial charge on any atom is 0.263 e. The highest BCUT2D eigenvalue weighted by atomic mass is 32.1. The van der Waals surface area contributed by atoms with E-state index in [9.17, 15) is 4.79 Å². The Balaban J connectivity index is 1.57. The monoisotopic (exact) mass is 357 g/mol. The normalized spacial score (nSPS) is 15.1. The first-order chi connectivity index (χ1) is 12.2. The van der Waals surface area contributed by atoms with Gasteiger partial charge >= 0.3 is 0 Å². The third kappa shape index (κ3) is 4.82. The number of carbonyl (C=O) groups is 1. The van der Waals surface area contributed by atoms with Gasteiger partial charge in [-0.1, -0.05) is 61.8 Å². The molecule has 0 atom stereocenters. The standard InChI is InChI=1S/C20H27N3OS/c1-3-15-9-11-16(12-10-15)13-21-19(24)18-14(2)22-20(25-18)23-17-7-5-4-6-8-17/h9-12,17H,3-8,13H2,1-2H3,(H,21,24)(H,22,23). The minimum Gasteiger partial charge on any atom is -0.359 e. The van der Waals surface area contributed by atoms with E-state index in [1.165, 1.54) is 49.0 Å². The largest absolute Gasteiger partial charge is 0.359 e. The molecule has 1 fully saturated rings. The van der Waals surface area contributed by atoms with Crippen LogP contribution in [-0.2, 0) is 13.0 Å². The Morgan fingerprint density at radius 2 is 1.84 bits per heavy atom. The van der Waals surface area contributed by atoms with Crippen LogP contribution in [-0.4, -0.2) is 16.9 Å². The number of rotatable bonds is 6.